The summed E-state index contributed by atoms with van der Waals surface area (Å²) < 4.78 is 5.57. The van der Waals surface area contributed by atoms with Crippen molar-refractivity contribution in [2.75, 3.05) is 5.88 Å². The molecule has 13 heavy (non-hydrogen) atoms. The van der Waals surface area contributed by atoms with Gasteiger partial charge in [-0.2, -0.15) is 0 Å². The van der Waals surface area contributed by atoms with Gasteiger partial charge in [-0.25, -0.2) is 0 Å². The molecule has 1 unspecified atom stereocenters. The number of aryl methyl sites for hydroxylation is 2. The van der Waals surface area contributed by atoms with Crippen molar-refractivity contribution < 1.29 is 4.74 Å². The zero-order valence-electron chi connectivity index (χ0n) is 8.30. The van der Waals surface area contributed by atoms with Crippen molar-refractivity contribution in [3.8, 4) is 5.75 Å². The third-order valence-corrected chi connectivity index (χ3v) is 2.47. The number of alkyl halides is 1. The van der Waals surface area contributed by atoms with E-state index < -0.39 is 0 Å². The second-order valence-electron chi connectivity index (χ2n) is 3.33. The van der Waals surface area contributed by atoms with Crippen molar-refractivity contribution in [2.24, 2.45) is 0 Å². The van der Waals surface area contributed by atoms with E-state index in [1.165, 1.54) is 11.1 Å². The van der Waals surface area contributed by atoms with E-state index >= 15 is 0 Å². The molecule has 1 rings (SSSR count). The van der Waals surface area contributed by atoms with Crippen molar-refractivity contribution in [3.63, 3.8) is 0 Å². The van der Waals surface area contributed by atoms with E-state index in [9.17, 15) is 0 Å². The van der Waals surface area contributed by atoms with Gasteiger partial charge in [0.25, 0.3) is 0 Å². The summed E-state index contributed by atoms with van der Waals surface area (Å²) in [5.41, 5.74) is 2.53. The maximum Gasteiger partial charge on any atom is 0.120 e. The van der Waals surface area contributed by atoms with Gasteiger partial charge in [-0.05, 0) is 44.0 Å². The Labute approximate surface area is 84.7 Å². The van der Waals surface area contributed by atoms with Gasteiger partial charge in [-0.1, -0.05) is 6.07 Å². The first kappa shape index (κ1) is 10.4. The fourth-order valence-electron chi connectivity index (χ4n) is 1.05. The first-order chi connectivity index (χ1) is 6.13. The molecule has 1 atom stereocenters. The van der Waals surface area contributed by atoms with Crippen LogP contribution in [0.25, 0.3) is 0 Å². The summed E-state index contributed by atoms with van der Waals surface area (Å²) in [7, 11) is 0. The molecule has 1 nitrogen and oxygen atoms in total. The molecular weight excluding hydrogens is 184 g/mol. The van der Waals surface area contributed by atoms with Crippen molar-refractivity contribution in [1.29, 1.82) is 0 Å². The van der Waals surface area contributed by atoms with Gasteiger partial charge in [0.05, 0.1) is 5.88 Å². The lowest BCUT2D eigenvalue weighted by molar-refractivity contribution is 0.245. The molecule has 0 aliphatic heterocycles. The van der Waals surface area contributed by atoms with Crippen LogP contribution in [-0.2, 0) is 0 Å². The SMILES string of the molecule is Cc1ccc(OC(C)CCl)cc1C. The van der Waals surface area contributed by atoms with Gasteiger partial charge < -0.3 is 4.74 Å². The van der Waals surface area contributed by atoms with Gasteiger partial charge in [0, 0.05) is 0 Å². The average molecular weight is 199 g/mol. The summed E-state index contributed by atoms with van der Waals surface area (Å²) >= 11 is 5.65. The standard InChI is InChI=1S/C11H15ClO/c1-8-4-5-11(6-9(8)2)13-10(3)7-12/h4-6,10H,7H2,1-3H3. The Morgan fingerprint density at radius 2 is 2.00 bits per heavy atom. The van der Waals surface area contributed by atoms with Gasteiger partial charge in [0.2, 0.25) is 0 Å². The lowest BCUT2D eigenvalue weighted by Crippen LogP contribution is -2.13. The van der Waals surface area contributed by atoms with E-state index in [4.69, 9.17) is 16.3 Å². The zero-order chi connectivity index (χ0) is 9.84. The molecule has 0 aromatic heterocycles. The van der Waals surface area contributed by atoms with Crippen LogP contribution in [0.3, 0.4) is 0 Å². The van der Waals surface area contributed by atoms with Gasteiger partial charge in [0.1, 0.15) is 11.9 Å². The van der Waals surface area contributed by atoms with Crippen molar-refractivity contribution in [2.45, 2.75) is 26.9 Å². The second-order valence-corrected chi connectivity index (χ2v) is 3.64. The Morgan fingerprint density at radius 1 is 1.31 bits per heavy atom. The van der Waals surface area contributed by atoms with E-state index in [1.54, 1.807) is 0 Å². The van der Waals surface area contributed by atoms with Gasteiger partial charge >= 0.3 is 0 Å². The number of hydrogen-bond acceptors (Lipinski definition) is 1. The molecule has 1 aromatic rings. The van der Waals surface area contributed by atoms with Crippen LogP contribution >= 0.6 is 11.6 Å². The molecule has 0 radical (unpaired) electrons. The third kappa shape index (κ3) is 2.92. The Balaban J connectivity index is 2.73. The summed E-state index contributed by atoms with van der Waals surface area (Å²) in [6, 6.07) is 6.08. The molecule has 72 valence electrons. The molecule has 0 bridgehead atoms. The molecule has 0 fully saturated rings. The lowest BCUT2D eigenvalue weighted by atomic mass is 10.1. The molecule has 0 heterocycles. The monoisotopic (exact) mass is 198 g/mol. The van der Waals surface area contributed by atoms with Crippen LogP contribution in [-0.4, -0.2) is 12.0 Å². The first-order valence-electron chi connectivity index (χ1n) is 4.43. The maximum absolute atomic E-state index is 5.65. The normalized spacial score (nSPS) is 12.6. The number of halogens is 1. The average Bonchev–Trinajstić information content (AvgIpc) is 2.11. The molecule has 0 amide bonds. The van der Waals surface area contributed by atoms with E-state index in [0.29, 0.717) is 5.88 Å². The van der Waals surface area contributed by atoms with E-state index in [-0.39, 0.29) is 6.10 Å². The molecule has 0 aliphatic carbocycles. The van der Waals surface area contributed by atoms with E-state index in [0.717, 1.165) is 5.75 Å². The topological polar surface area (TPSA) is 9.23 Å². The summed E-state index contributed by atoms with van der Waals surface area (Å²) in [4.78, 5) is 0. The minimum absolute atomic E-state index is 0.0729. The Kier molecular flexibility index (Phi) is 3.61. The minimum atomic E-state index is 0.0729. The largest absolute Gasteiger partial charge is 0.489 e. The number of benzene rings is 1. The molecule has 2 heteroatoms. The predicted octanol–water partition coefficient (Wildman–Crippen LogP) is 3.31. The van der Waals surface area contributed by atoms with Gasteiger partial charge in [-0.15, -0.1) is 11.6 Å². The van der Waals surface area contributed by atoms with E-state index in [2.05, 4.69) is 19.9 Å². The summed E-state index contributed by atoms with van der Waals surface area (Å²) in [5.74, 6) is 1.42. The van der Waals surface area contributed by atoms with Gasteiger partial charge in [-0.3, -0.25) is 0 Å². The van der Waals surface area contributed by atoms with Crippen LogP contribution in [0.2, 0.25) is 0 Å². The smallest absolute Gasteiger partial charge is 0.120 e. The van der Waals surface area contributed by atoms with Crippen LogP contribution in [0, 0.1) is 13.8 Å². The summed E-state index contributed by atoms with van der Waals surface area (Å²) in [6.07, 6.45) is 0.0729. The van der Waals surface area contributed by atoms with Gasteiger partial charge in [0.15, 0.2) is 0 Å². The zero-order valence-corrected chi connectivity index (χ0v) is 9.06. The highest BCUT2D eigenvalue weighted by molar-refractivity contribution is 6.18. The van der Waals surface area contributed by atoms with Crippen LogP contribution in [0.5, 0.6) is 5.75 Å². The lowest BCUT2D eigenvalue weighted by Gasteiger charge is -2.12. The van der Waals surface area contributed by atoms with Crippen molar-refractivity contribution in [1.82, 2.24) is 0 Å². The fourth-order valence-corrected chi connectivity index (χ4v) is 1.11. The maximum atomic E-state index is 5.65. The number of ether oxygens (including phenoxy) is 1. The van der Waals surface area contributed by atoms with Crippen LogP contribution < -0.4 is 4.74 Å². The summed E-state index contributed by atoms with van der Waals surface area (Å²) in [5, 5.41) is 0. The van der Waals surface area contributed by atoms with E-state index in [1.807, 2.05) is 19.1 Å². The van der Waals surface area contributed by atoms with Crippen molar-refractivity contribution >= 4 is 11.6 Å². The molecule has 0 saturated carbocycles. The molecule has 1 aromatic carbocycles. The summed E-state index contributed by atoms with van der Waals surface area (Å²) in [6.45, 7) is 6.12. The Morgan fingerprint density at radius 3 is 2.54 bits per heavy atom. The first-order valence-corrected chi connectivity index (χ1v) is 4.97. The quantitative estimate of drug-likeness (QED) is 0.678. The minimum Gasteiger partial charge on any atom is -0.489 e. The predicted molar refractivity (Wildman–Crippen MR) is 56.7 cm³/mol. The highest BCUT2D eigenvalue weighted by Crippen LogP contribution is 2.17. The second kappa shape index (κ2) is 4.52. The molecule has 0 N–H and O–H groups in total. The number of hydrogen-bond donors (Lipinski definition) is 0. The third-order valence-electron chi connectivity index (χ3n) is 2.03. The van der Waals surface area contributed by atoms with Crippen LogP contribution in [0.15, 0.2) is 18.2 Å². The molecule has 0 saturated heterocycles. The Hall–Kier alpha value is -0.690. The molecular formula is C11H15ClO. The fraction of sp³-hybridized carbons (Fsp3) is 0.455. The van der Waals surface area contributed by atoms with Crippen molar-refractivity contribution in [3.05, 3.63) is 29.3 Å². The highest BCUT2D eigenvalue weighted by Gasteiger charge is 2.02. The molecule has 0 aliphatic rings. The Bertz CT molecular complexity index is 283. The highest BCUT2D eigenvalue weighted by atomic mass is 35.5. The van der Waals surface area contributed by atoms with Crippen LogP contribution in [0.1, 0.15) is 18.1 Å². The van der Waals surface area contributed by atoms with Crippen LogP contribution in [0.4, 0.5) is 0 Å². The molecule has 0 spiro atoms. The number of rotatable bonds is 3.